The fraction of sp³-hybridized carbons (Fsp3) is 1.00. The van der Waals surface area contributed by atoms with E-state index >= 15 is 0 Å². The Morgan fingerprint density at radius 3 is 2.37 bits per heavy atom. The van der Waals surface area contributed by atoms with Crippen molar-refractivity contribution in [2.24, 2.45) is 17.3 Å². The molecule has 0 aromatic heterocycles. The summed E-state index contributed by atoms with van der Waals surface area (Å²) >= 11 is 1.97. The van der Waals surface area contributed by atoms with Crippen molar-refractivity contribution in [3.63, 3.8) is 0 Å². The molecule has 114 valence electrons. The van der Waals surface area contributed by atoms with E-state index in [-0.39, 0.29) is 0 Å². The normalized spacial score (nSPS) is 27.8. The summed E-state index contributed by atoms with van der Waals surface area (Å²) in [7, 11) is 0. The molecule has 0 aromatic rings. The maximum absolute atomic E-state index is 3.78. The molecule has 1 saturated heterocycles. The molecule has 1 heterocycles. The lowest BCUT2D eigenvalue weighted by Gasteiger charge is -2.47. The third kappa shape index (κ3) is 5.28. The Labute approximate surface area is 125 Å². The first-order valence-corrected chi connectivity index (χ1v) is 9.11. The second kappa shape index (κ2) is 7.33. The van der Waals surface area contributed by atoms with E-state index in [1.807, 2.05) is 11.8 Å². The zero-order valence-electron chi connectivity index (χ0n) is 14.0. The van der Waals surface area contributed by atoms with Crippen LogP contribution in [0, 0.1) is 17.3 Å². The van der Waals surface area contributed by atoms with Crippen molar-refractivity contribution >= 4 is 11.8 Å². The van der Waals surface area contributed by atoms with Gasteiger partial charge in [-0.2, -0.15) is 11.8 Å². The number of nitrogens with one attached hydrogen (secondary N) is 1. The van der Waals surface area contributed by atoms with E-state index in [0.29, 0.717) is 17.5 Å². The molecule has 0 bridgehead atoms. The third-order valence-corrected chi connectivity index (χ3v) is 5.17. The second-order valence-electron chi connectivity index (χ2n) is 7.65. The van der Waals surface area contributed by atoms with Crippen LogP contribution in [0.5, 0.6) is 0 Å². The molecule has 0 radical (unpaired) electrons. The number of hydrogen-bond acceptors (Lipinski definition) is 3. The van der Waals surface area contributed by atoms with Crippen molar-refractivity contribution in [3.05, 3.63) is 0 Å². The zero-order valence-corrected chi connectivity index (χ0v) is 14.8. The topological polar surface area (TPSA) is 15.3 Å². The van der Waals surface area contributed by atoms with Crippen LogP contribution in [0.3, 0.4) is 0 Å². The van der Waals surface area contributed by atoms with Gasteiger partial charge in [-0.25, -0.2) is 0 Å². The highest BCUT2D eigenvalue weighted by atomic mass is 32.2. The Balaban J connectivity index is 2.68. The van der Waals surface area contributed by atoms with Gasteiger partial charge in [0.05, 0.1) is 0 Å². The Hall–Kier alpha value is 0.270. The summed E-state index contributed by atoms with van der Waals surface area (Å²) in [5.41, 5.74) is 0.350. The smallest absolute Gasteiger partial charge is 0.0244 e. The quantitative estimate of drug-likeness (QED) is 0.834. The van der Waals surface area contributed by atoms with E-state index in [1.54, 1.807) is 0 Å². The maximum Gasteiger partial charge on any atom is 0.0244 e. The highest BCUT2D eigenvalue weighted by molar-refractivity contribution is 7.98. The summed E-state index contributed by atoms with van der Waals surface area (Å²) in [5.74, 6) is 2.79. The van der Waals surface area contributed by atoms with Crippen LogP contribution in [0.1, 0.15) is 41.5 Å². The first-order chi connectivity index (χ1) is 8.75. The Kier molecular flexibility index (Phi) is 6.68. The second-order valence-corrected chi connectivity index (χ2v) is 8.56. The predicted octanol–water partition coefficient (Wildman–Crippen LogP) is 3.33. The van der Waals surface area contributed by atoms with Crippen LogP contribution in [0.2, 0.25) is 0 Å². The van der Waals surface area contributed by atoms with Gasteiger partial charge >= 0.3 is 0 Å². The number of thioether (sulfide) groups is 1. The van der Waals surface area contributed by atoms with Crippen LogP contribution >= 0.6 is 11.8 Å². The highest BCUT2D eigenvalue weighted by Crippen LogP contribution is 2.26. The molecule has 0 spiro atoms. The van der Waals surface area contributed by atoms with E-state index in [9.17, 15) is 0 Å². The minimum Gasteiger partial charge on any atom is -0.311 e. The van der Waals surface area contributed by atoms with E-state index in [2.05, 4.69) is 58.0 Å². The predicted molar refractivity (Wildman–Crippen MR) is 89.0 cm³/mol. The minimum absolute atomic E-state index is 0.350. The zero-order chi connectivity index (χ0) is 14.6. The van der Waals surface area contributed by atoms with Crippen LogP contribution < -0.4 is 5.32 Å². The third-order valence-electron chi connectivity index (χ3n) is 4.27. The number of piperazine rings is 1. The van der Waals surface area contributed by atoms with Crippen molar-refractivity contribution in [2.45, 2.75) is 53.6 Å². The van der Waals surface area contributed by atoms with Crippen molar-refractivity contribution in [1.82, 2.24) is 10.2 Å². The van der Waals surface area contributed by atoms with E-state index in [1.165, 1.54) is 18.8 Å². The molecule has 1 fully saturated rings. The largest absolute Gasteiger partial charge is 0.311 e. The molecule has 3 heteroatoms. The van der Waals surface area contributed by atoms with Gasteiger partial charge in [0.15, 0.2) is 0 Å². The van der Waals surface area contributed by atoms with Gasteiger partial charge in [0.2, 0.25) is 0 Å². The summed E-state index contributed by atoms with van der Waals surface area (Å²) in [5, 5.41) is 3.78. The lowest BCUT2D eigenvalue weighted by molar-refractivity contribution is 0.0549. The summed E-state index contributed by atoms with van der Waals surface area (Å²) in [4.78, 5) is 2.75. The van der Waals surface area contributed by atoms with Crippen LogP contribution in [0.25, 0.3) is 0 Å². The maximum atomic E-state index is 3.78. The molecule has 19 heavy (non-hydrogen) atoms. The Bertz CT molecular complexity index is 260. The number of nitrogens with zero attached hydrogens (tertiary/aromatic N) is 1. The summed E-state index contributed by atoms with van der Waals surface area (Å²) in [6.07, 6.45) is 2.21. The van der Waals surface area contributed by atoms with E-state index < -0.39 is 0 Å². The molecular weight excluding hydrogens is 252 g/mol. The first-order valence-electron chi connectivity index (χ1n) is 7.72. The van der Waals surface area contributed by atoms with Crippen molar-refractivity contribution in [1.29, 1.82) is 0 Å². The van der Waals surface area contributed by atoms with Gasteiger partial charge in [-0.1, -0.05) is 41.5 Å². The SMILES string of the molecule is CSCC(C)CN1CC(C(C)(C)C)NCC1C(C)C. The van der Waals surface area contributed by atoms with Gasteiger partial charge in [0.1, 0.15) is 0 Å². The van der Waals surface area contributed by atoms with Gasteiger partial charge < -0.3 is 5.32 Å². The highest BCUT2D eigenvalue weighted by Gasteiger charge is 2.35. The van der Waals surface area contributed by atoms with Gasteiger partial charge in [0, 0.05) is 31.7 Å². The number of hydrogen-bond donors (Lipinski definition) is 1. The summed E-state index contributed by atoms with van der Waals surface area (Å²) < 4.78 is 0. The molecule has 0 aliphatic carbocycles. The van der Waals surface area contributed by atoms with E-state index in [0.717, 1.165) is 18.4 Å². The molecule has 3 unspecified atom stereocenters. The summed E-state index contributed by atoms with van der Waals surface area (Å²) in [6, 6.07) is 1.31. The summed E-state index contributed by atoms with van der Waals surface area (Å²) in [6.45, 7) is 17.8. The van der Waals surface area contributed by atoms with Crippen molar-refractivity contribution < 1.29 is 0 Å². The van der Waals surface area contributed by atoms with E-state index in [4.69, 9.17) is 0 Å². The molecule has 1 rings (SSSR count). The molecule has 2 nitrogen and oxygen atoms in total. The molecular formula is C16H34N2S. The monoisotopic (exact) mass is 286 g/mol. The van der Waals surface area contributed by atoms with Gasteiger partial charge in [-0.05, 0) is 29.3 Å². The molecule has 1 aliphatic rings. The fourth-order valence-corrected chi connectivity index (χ4v) is 3.69. The first kappa shape index (κ1) is 17.3. The van der Waals surface area contributed by atoms with Crippen molar-refractivity contribution in [2.75, 3.05) is 31.6 Å². The molecule has 3 atom stereocenters. The molecule has 1 N–H and O–H groups in total. The van der Waals surface area contributed by atoms with Crippen LogP contribution in [0.4, 0.5) is 0 Å². The molecule has 0 aromatic carbocycles. The molecule has 0 saturated carbocycles. The molecule has 0 amide bonds. The van der Waals surface area contributed by atoms with Crippen LogP contribution in [0.15, 0.2) is 0 Å². The average molecular weight is 287 g/mol. The van der Waals surface area contributed by atoms with Gasteiger partial charge in [0.25, 0.3) is 0 Å². The van der Waals surface area contributed by atoms with Gasteiger partial charge in [-0.15, -0.1) is 0 Å². The van der Waals surface area contributed by atoms with Crippen LogP contribution in [-0.4, -0.2) is 48.6 Å². The number of rotatable bonds is 5. The average Bonchev–Trinajstić information content (AvgIpc) is 2.27. The van der Waals surface area contributed by atoms with Gasteiger partial charge in [-0.3, -0.25) is 4.90 Å². The standard InChI is InChI=1S/C16H34N2S/c1-12(2)14-8-17-15(16(4,5)6)10-18(14)9-13(3)11-19-7/h12-15,17H,8-11H2,1-7H3. The van der Waals surface area contributed by atoms with Crippen molar-refractivity contribution in [3.8, 4) is 0 Å². The lowest BCUT2D eigenvalue weighted by atomic mass is 9.83. The minimum atomic E-state index is 0.350. The molecule has 1 aliphatic heterocycles. The lowest BCUT2D eigenvalue weighted by Crippen LogP contribution is -2.62. The van der Waals surface area contributed by atoms with Crippen LogP contribution in [-0.2, 0) is 0 Å². The Morgan fingerprint density at radius 2 is 1.89 bits per heavy atom. The fourth-order valence-electron chi connectivity index (χ4n) is 3.01. The Morgan fingerprint density at radius 1 is 1.26 bits per heavy atom.